The van der Waals surface area contributed by atoms with E-state index in [9.17, 15) is 9.90 Å². The summed E-state index contributed by atoms with van der Waals surface area (Å²) in [5.74, 6) is 0.916. The van der Waals surface area contributed by atoms with Gasteiger partial charge >= 0.3 is 0 Å². The van der Waals surface area contributed by atoms with Crippen molar-refractivity contribution in [2.45, 2.75) is 26.3 Å². The maximum atomic E-state index is 13.2. The van der Waals surface area contributed by atoms with Gasteiger partial charge in [0.2, 0.25) is 5.78 Å². The van der Waals surface area contributed by atoms with E-state index in [-0.39, 0.29) is 11.5 Å². The summed E-state index contributed by atoms with van der Waals surface area (Å²) in [6.45, 7) is 4.47. The molecule has 1 aromatic heterocycles. The number of fused-ring (bicyclic) bond motifs is 2. The first-order valence-electron chi connectivity index (χ1n) is 10.1. The van der Waals surface area contributed by atoms with Crippen molar-refractivity contribution in [3.63, 3.8) is 0 Å². The third-order valence-corrected chi connectivity index (χ3v) is 6.02. The van der Waals surface area contributed by atoms with Gasteiger partial charge in [0.05, 0.1) is 11.1 Å². The van der Waals surface area contributed by atoms with Gasteiger partial charge in [0.15, 0.2) is 5.76 Å². The number of allylic oxidation sites excluding steroid dienone is 1. The maximum absolute atomic E-state index is 13.2. The molecule has 148 valence electrons. The number of phenols is 1. The third-order valence-electron chi connectivity index (χ3n) is 6.02. The number of ether oxygens (including phenoxy) is 1. The molecule has 0 saturated carbocycles. The van der Waals surface area contributed by atoms with Crippen LogP contribution in [0.1, 0.15) is 39.9 Å². The molecule has 0 aliphatic carbocycles. The Morgan fingerprint density at radius 2 is 1.97 bits per heavy atom. The lowest BCUT2D eigenvalue weighted by Gasteiger charge is -2.18. The van der Waals surface area contributed by atoms with E-state index in [1.54, 1.807) is 6.07 Å². The van der Waals surface area contributed by atoms with Crippen molar-refractivity contribution in [1.29, 1.82) is 0 Å². The van der Waals surface area contributed by atoms with Crippen molar-refractivity contribution >= 4 is 22.8 Å². The van der Waals surface area contributed by atoms with E-state index in [0.29, 0.717) is 29.2 Å². The van der Waals surface area contributed by atoms with Crippen LogP contribution in [0.5, 0.6) is 11.5 Å². The van der Waals surface area contributed by atoms with Crippen molar-refractivity contribution < 1.29 is 14.6 Å². The van der Waals surface area contributed by atoms with Gasteiger partial charge in [-0.2, -0.15) is 0 Å². The molecule has 5 nitrogen and oxygen atoms in total. The maximum Gasteiger partial charge on any atom is 0.232 e. The van der Waals surface area contributed by atoms with E-state index in [4.69, 9.17) is 4.74 Å². The highest BCUT2D eigenvalue weighted by atomic mass is 16.5. The second-order valence-corrected chi connectivity index (χ2v) is 8.03. The molecule has 2 aliphatic heterocycles. The minimum absolute atomic E-state index is 0.117. The van der Waals surface area contributed by atoms with Gasteiger partial charge in [0.25, 0.3) is 0 Å². The molecule has 2 aliphatic rings. The Hall–Kier alpha value is -3.05. The standard InChI is InChI=1S/C24H24N2O3/c1-15-11-20(27)18(14-26-9-5-6-10-26)24-22(15)23(28)21(29-24)12-16-13-25(2)19-8-4-3-7-17(16)19/h3-4,7-8,11-13,27H,5-6,9-10,14H2,1-2H3/b21-12-. The summed E-state index contributed by atoms with van der Waals surface area (Å²) in [6, 6.07) is 9.78. The smallest absolute Gasteiger partial charge is 0.232 e. The number of phenolic OH excluding ortho intramolecular Hbond substituents is 1. The number of rotatable bonds is 3. The summed E-state index contributed by atoms with van der Waals surface area (Å²) in [4.78, 5) is 15.5. The molecule has 0 amide bonds. The Bertz CT molecular complexity index is 1170. The molecule has 5 rings (SSSR count). The molecule has 3 aromatic rings. The fourth-order valence-corrected chi connectivity index (χ4v) is 4.53. The van der Waals surface area contributed by atoms with Gasteiger partial charge < -0.3 is 14.4 Å². The van der Waals surface area contributed by atoms with Crippen molar-refractivity contribution in [2.24, 2.45) is 7.05 Å². The Kier molecular flexibility index (Phi) is 4.21. The number of aromatic nitrogens is 1. The molecule has 0 bridgehead atoms. The second-order valence-electron chi connectivity index (χ2n) is 8.03. The quantitative estimate of drug-likeness (QED) is 0.676. The molecule has 0 atom stereocenters. The lowest BCUT2D eigenvalue weighted by molar-refractivity contribution is 0.101. The molecule has 29 heavy (non-hydrogen) atoms. The number of aromatic hydroxyl groups is 1. The van der Waals surface area contributed by atoms with Gasteiger partial charge in [-0.25, -0.2) is 0 Å². The third kappa shape index (κ3) is 2.93. The first-order valence-corrected chi connectivity index (χ1v) is 10.1. The van der Waals surface area contributed by atoms with E-state index in [0.717, 1.165) is 35.1 Å². The molecular weight excluding hydrogens is 364 g/mol. The van der Waals surface area contributed by atoms with E-state index in [1.165, 1.54) is 12.8 Å². The lowest BCUT2D eigenvalue weighted by Crippen LogP contribution is -2.19. The van der Waals surface area contributed by atoms with E-state index < -0.39 is 0 Å². The van der Waals surface area contributed by atoms with Gasteiger partial charge in [-0.1, -0.05) is 18.2 Å². The normalized spacial score (nSPS) is 18.0. The van der Waals surface area contributed by atoms with E-state index in [1.807, 2.05) is 49.0 Å². The number of nitrogens with zero attached hydrogens (tertiary/aromatic N) is 2. The van der Waals surface area contributed by atoms with Gasteiger partial charge in [0.1, 0.15) is 11.5 Å². The fraction of sp³-hybridized carbons (Fsp3) is 0.292. The number of carbonyl (C=O) groups excluding carboxylic acids is 1. The van der Waals surface area contributed by atoms with Crippen LogP contribution in [0.2, 0.25) is 0 Å². The predicted octanol–water partition coefficient (Wildman–Crippen LogP) is 4.40. The molecule has 0 spiro atoms. The molecule has 1 saturated heterocycles. The van der Waals surface area contributed by atoms with Crippen molar-refractivity contribution in [3.05, 3.63) is 64.5 Å². The molecule has 1 fully saturated rings. The number of Topliss-reactive ketones (excluding diaryl/α,β-unsaturated/α-hetero) is 1. The fourth-order valence-electron chi connectivity index (χ4n) is 4.53. The summed E-state index contributed by atoms with van der Waals surface area (Å²) in [5.41, 5.74) is 4.08. The van der Waals surface area contributed by atoms with Gasteiger partial charge in [-0.15, -0.1) is 0 Å². The summed E-state index contributed by atoms with van der Waals surface area (Å²) in [6.07, 6.45) is 6.16. The summed E-state index contributed by atoms with van der Waals surface area (Å²) in [7, 11) is 1.99. The van der Waals surface area contributed by atoms with Crippen molar-refractivity contribution in [2.75, 3.05) is 13.1 Å². The molecule has 5 heteroatoms. The van der Waals surface area contributed by atoms with Crippen LogP contribution >= 0.6 is 0 Å². The highest BCUT2D eigenvalue weighted by Gasteiger charge is 2.34. The van der Waals surface area contributed by atoms with Crippen molar-refractivity contribution in [1.82, 2.24) is 9.47 Å². The minimum atomic E-state index is -0.117. The average molecular weight is 388 g/mol. The highest BCUT2D eigenvalue weighted by molar-refractivity contribution is 6.16. The largest absolute Gasteiger partial charge is 0.507 e. The lowest BCUT2D eigenvalue weighted by atomic mass is 9.99. The van der Waals surface area contributed by atoms with Crippen LogP contribution in [0.15, 0.2) is 42.3 Å². The molecule has 2 aromatic carbocycles. The summed E-state index contributed by atoms with van der Waals surface area (Å²) >= 11 is 0. The average Bonchev–Trinajstić information content (AvgIpc) is 3.40. The van der Waals surface area contributed by atoms with Gasteiger partial charge in [0, 0.05) is 36.3 Å². The number of hydrogen-bond donors (Lipinski definition) is 1. The predicted molar refractivity (Wildman–Crippen MR) is 113 cm³/mol. The number of hydrogen-bond acceptors (Lipinski definition) is 4. The minimum Gasteiger partial charge on any atom is -0.507 e. The Labute approximate surface area is 169 Å². The monoisotopic (exact) mass is 388 g/mol. The number of benzene rings is 2. The SMILES string of the molecule is Cc1cc(O)c(CN2CCCC2)c2c1C(=O)/C(=C/c1cn(C)c3ccccc13)O2. The molecule has 3 heterocycles. The molecule has 0 radical (unpaired) electrons. The summed E-state index contributed by atoms with van der Waals surface area (Å²) in [5, 5.41) is 11.7. The van der Waals surface area contributed by atoms with Crippen molar-refractivity contribution in [3.8, 4) is 11.5 Å². The first-order chi connectivity index (χ1) is 14.0. The number of likely N-dealkylation sites (tertiary alicyclic amines) is 1. The van der Waals surface area contributed by atoms with Crippen LogP contribution < -0.4 is 4.74 Å². The Morgan fingerprint density at radius 3 is 2.76 bits per heavy atom. The zero-order chi connectivity index (χ0) is 20.1. The van der Waals surface area contributed by atoms with Gasteiger partial charge in [-0.05, 0) is 56.6 Å². The topological polar surface area (TPSA) is 54.7 Å². The van der Waals surface area contributed by atoms with Crippen LogP contribution in [-0.2, 0) is 13.6 Å². The van der Waals surface area contributed by atoms with Crippen LogP contribution in [0.25, 0.3) is 17.0 Å². The van der Waals surface area contributed by atoms with Crippen LogP contribution in [0.4, 0.5) is 0 Å². The number of carbonyl (C=O) groups is 1. The van der Waals surface area contributed by atoms with Crippen LogP contribution in [0, 0.1) is 6.92 Å². The Balaban J connectivity index is 1.58. The van der Waals surface area contributed by atoms with Crippen LogP contribution in [0.3, 0.4) is 0 Å². The zero-order valence-corrected chi connectivity index (χ0v) is 16.7. The first kappa shape index (κ1) is 18.0. The molecular formula is C24H24N2O3. The second kappa shape index (κ2) is 6.78. The van der Waals surface area contributed by atoms with Crippen LogP contribution in [-0.4, -0.2) is 33.4 Å². The van der Waals surface area contributed by atoms with E-state index >= 15 is 0 Å². The number of para-hydroxylation sites is 1. The van der Waals surface area contributed by atoms with E-state index in [2.05, 4.69) is 11.0 Å². The molecule has 0 unspecified atom stereocenters. The number of aryl methyl sites for hydroxylation is 2. The summed E-state index contributed by atoms with van der Waals surface area (Å²) < 4.78 is 8.15. The number of ketones is 1. The molecule has 1 N–H and O–H groups in total. The Morgan fingerprint density at radius 1 is 1.21 bits per heavy atom. The zero-order valence-electron chi connectivity index (χ0n) is 16.7. The highest BCUT2D eigenvalue weighted by Crippen LogP contribution is 2.42. The van der Waals surface area contributed by atoms with Gasteiger partial charge in [-0.3, -0.25) is 9.69 Å².